The molecule has 0 spiro atoms. The van der Waals surface area contributed by atoms with E-state index in [-0.39, 0.29) is 17.8 Å². The Morgan fingerprint density at radius 3 is 3.09 bits per heavy atom. The van der Waals surface area contributed by atoms with Gasteiger partial charge in [0.15, 0.2) is 5.13 Å². The Morgan fingerprint density at radius 2 is 2.32 bits per heavy atom. The summed E-state index contributed by atoms with van der Waals surface area (Å²) >= 11 is 1.61. The van der Waals surface area contributed by atoms with E-state index in [1.54, 1.807) is 35.7 Å². The van der Waals surface area contributed by atoms with Gasteiger partial charge in [0.25, 0.3) is 0 Å². The van der Waals surface area contributed by atoms with Crippen molar-refractivity contribution < 1.29 is 9.18 Å². The van der Waals surface area contributed by atoms with Gasteiger partial charge in [0.2, 0.25) is 5.91 Å². The first kappa shape index (κ1) is 15.0. The molecule has 22 heavy (non-hydrogen) atoms. The van der Waals surface area contributed by atoms with E-state index in [0.29, 0.717) is 18.4 Å². The number of benzene rings is 1. The monoisotopic (exact) mass is 319 g/mol. The highest BCUT2D eigenvalue weighted by atomic mass is 32.1. The highest BCUT2D eigenvalue weighted by Crippen LogP contribution is 2.22. The van der Waals surface area contributed by atoms with Gasteiger partial charge >= 0.3 is 0 Å². The van der Waals surface area contributed by atoms with Crippen LogP contribution in [0.5, 0.6) is 0 Å². The summed E-state index contributed by atoms with van der Waals surface area (Å²) in [5.74, 6) is -0.264. The molecule has 2 heterocycles. The largest absolute Gasteiger partial charge is 0.352 e. The van der Waals surface area contributed by atoms with Crippen LogP contribution in [0.25, 0.3) is 0 Å². The zero-order chi connectivity index (χ0) is 15.4. The second-order valence-corrected chi connectivity index (χ2v) is 6.28. The predicted molar refractivity (Wildman–Crippen MR) is 85.6 cm³/mol. The maximum atomic E-state index is 13.5. The minimum atomic E-state index is -0.244. The summed E-state index contributed by atoms with van der Waals surface area (Å²) in [5, 5.41) is 5.99. The molecule has 0 bridgehead atoms. The van der Waals surface area contributed by atoms with Gasteiger partial charge in [0, 0.05) is 37.1 Å². The first-order valence-electron chi connectivity index (χ1n) is 7.39. The van der Waals surface area contributed by atoms with E-state index < -0.39 is 0 Å². The normalized spacial score (nSPS) is 17.7. The van der Waals surface area contributed by atoms with E-state index in [1.165, 1.54) is 6.07 Å². The van der Waals surface area contributed by atoms with Crippen LogP contribution in [-0.4, -0.2) is 30.0 Å². The van der Waals surface area contributed by atoms with Crippen LogP contribution in [0.4, 0.5) is 9.52 Å². The lowest BCUT2D eigenvalue weighted by Crippen LogP contribution is -2.37. The van der Waals surface area contributed by atoms with Gasteiger partial charge in [-0.1, -0.05) is 18.2 Å². The van der Waals surface area contributed by atoms with Crippen LogP contribution in [0.15, 0.2) is 35.8 Å². The molecule has 1 atom stereocenters. The Balaban J connectivity index is 1.46. The number of hydrogen-bond acceptors (Lipinski definition) is 4. The molecule has 116 valence electrons. The van der Waals surface area contributed by atoms with E-state index in [9.17, 15) is 9.18 Å². The molecule has 1 aliphatic heterocycles. The van der Waals surface area contributed by atoms with Crippen molar-refractivity contribution in [2.75, 3.05) is 18.0 Å². The molecule has 1 fully saturated rings. The van der Waals surface area contributed by atoms with Crippen molar-refractivity contribution >= 4 is 22.4 Å². The number of aryl methyl sites for hydroxylation is 1. The number of carbonyl (C=O) groups is 1. The molecule has 6 heteroatoms. The van der Waals surface area contributed by atoms with Crippen LogP contribution in [0.3, 0.4) is 0 Å². The smallest absolute Gasteiger partial charge is 0.220 e. The van der Waals surface area contributed by atoms with Gasteiger partial charge in [-0.15, -0.1) is 11.3 Å². The minimum absolute atomic E-state index is 0.0192. The van der Waals surface area contributed by atoms with Crippen molar-refractivity contribution in [3.63, 3.8) is 0 Å². The van der Waals surface area contributed by atoms with Crippen LogP contribution < -0.4 is 10.2 Å². The lowest BCUT2D eigenvalue weighted by molar-refractivity contribution is -0.121. The Bertz CT molecular complexity index is 632. The highest BCUT2D eigenvalue weighted by molar-refractivity contribution is 7.13. The first-order chi connectivity index (χ1) is 10.7. The number of halogens is 1. The quantitative estimate of drug-likeness (QED) is 0.921. The molecular formula is C16H18FN3OS. The molecule has 1 N–H and O–H groups in total. The molecule has 0 aliphatic carbocycles. The molecule has 1 saturated heterocycles. The standard InChI is InChI=1S/C16H18FN3OS/c17-14-4-2-1-3-12(14)5-6-15(21)19-13-7-9-20(11-13)16-18-8-10-22-16/h1-4,8,10,13H,5-7,9,11H2,(H,19,21)/t13-/m1/s1. The molecule has 1 aromatic heterocycles. The third-order valence-electron chi connectivity index (χ3n) is 3.82. The maximum Gasteiger partial charge on any atom is 0.220 e. The zero-order valence-electron chi connectivity index (χ0n) is 12.2. The average molecular weight is 319 g/mol. The number of aromatic nitrogens is 1. The van der Waals surface area contributed by atoms with Gasteiger partial charge in [0.05, 0.1) is 0 Å². The fourth-order valence-corrected chi connectivity index (χ4v) is 3.35. The van der Waals surface area contributed by atoms with Crippen LogP contribution in [0.2, 0.25) is 0 Å². The SMILES string of the molecule is O=C(CCc1ccccc1F)N[C@@H]1CCN(c2nccs2)C1. The number of nitrogens with zero attached hydrogens (tertiary/aromatic N) is 2. The summed E-state index contributed by atoms with van der Waals surface area (Å²) in [5.41, 5.74) is 0.591. The van der Waals surface area contributed by atoms with Gasteiger partial charge in [-0.25, -0.2) is 9.37 Å². The fourth-order valence-electron chi connectivity index (χ4n) is 2.67. The van der Waals surface area contributed by atoms with E-state index in [1.807, 2.05) is 5.38 Å². The summed E-state index contributed by atoms with van der Waals surface area (Å²) in [4.78, 5) is 18.5. The highest BCUT2D eigenvalue weighted by Gasteiger charge is 2.25. The number of carbonyl (C=O) groups excluding carboxylic acids is 1. The third kappa shape index (κ3) is 3.62. The van der Waals surface area contributed by atoms with Crippen molar-refractivity contribution in [1.29, 1.82) is 0 Å². The molecule has 2 aromatic rings. The summed E-state index contributed by atoms with van der Waals surface area (Å²) in [7, 11) is 0. The fraction of sp³-hybridized carbons (Fsp3) is 0.375. The van der Waals surface area contributed by atoms with Gasteiger partial charge in [-0.2, -0.15) is 0 Å². The second-order valence-electron chi connectivity index (χ2n) is 5.41. The molecule has 0 saturated carbocycles. The first-order valence-corrected chi connectivity index (χ1v) is 8.27. The van der Waals surface area contributed by atoms with Crippen LogP contribution in [-0.2, 0) is 11.2 Å². The van der Waals surface area contributed by atoms with E-state index >= 15 is 0 Å². The van der Waals surface area contributed by atoms with Crippen LogP contribution in [0.1, 0.15) is 18.4 Å². The minimum Gasteiger partial charge on any atom is -0.352 e. The zero-order valence-corrected chi connectivity index (χ0v) is 13.0. The van der Waals surface area contributed by atoms with E-state index in [0.717, 1.165) is 24.6 Å². The number of thiazole rings is 1. The van der Waals surface area contributed by atoms with Crippen molar-refractivity contribution in [3.8, 4) is 0 Å². The van der Waals surface area contributed by atoms with Crippen molar-refractivity contribution in [2.45, 2.75) is 25.3 Å². The molecule has 1 amide bonds. The van der Waals surface area contributed by atoms with Crippen LogP contribution >= 0.6 is 11.3 Å². The third-order valence-corrected chi connectivity index (χ3v) is 4.65. The van der Waals surface area contributed by atoms with Gasteiger partial charge < -0.3 is 10.2 Å². The molecule has 3 rings (SSSR count). The molecule has 1 aliphatic rings. The number of hydrogen-bond donors (Lipinski definition) is 1. The molecule has 4 nitrogen and oxygen atoms in total. The Hall–Kier alpha value is -1.95. The van der Waals surface area contributed by atoms with E-state index in [2.05, 4.69) is 15.2 Å². The van der Waals surface area contributed by atoms with Gasteiger partial charge in [0.1, 0.15) is 5.82 Å². The molecule has 0 unspecified atom stereocenters. The number of anilines is 1. The van der Waals surface area contributed by atoms with Gasteiger partial charge in [-0.05, 0) is 24.5 Å². The topological polar surface area (TPSA) is 45.2 Å². The summed E-state index contributed by atoms with van der Waals surface area (Å²) in [6.45, 7) is 1.70. The Labute approximate surface area is 133 Å². The van der Waals surface area contributed by atoms with Crippen LogP contribution in [0, 0.1) is 5.82 Å². The Kier molecular flexibility index (Phi) is 4.68. The number of amides is 1. The van der Waals surface area contributed by atoms with E-state index in [4.69, 9.17) is 0 Å². The Morgan fingerprint density at radius 1 is 1.45 bits per heavy atom. The summed E-state index contributed by atoms with van der Waals surface area (Å²) in [6.07, 6.45) is 3.46. The van der Waals surface area contributed by atoms with Crippen molar-refractivity contribution in [3.05, 3.63) is 47.2 Å². The molecular weight excluding hydrogens is 301 g/mol. The van der Waals surface area contributed by atoms with Crippen molar-refractivity contribution in [2.24, 2.45) is 0 Å². The van der Waals surface area contributed by atoms with Crippen molar-refractivity contribution in [1.82, 2.24) is 10.3 Å². The average Bonchev–Trinajstić information content (AvgIpc) is 3.17. The number of rotatable bonds is 5. The lowest BCUT2D eigenvalue weighted by atomic mass is 10.1. The molecule has 1 aromatic carbocycles. The predicted octanol–water partition coefficient (Wildman–Crippen LogP) is 2.61. The summed E-state index contributed by atoms with van der Waals surface area (Å²) in [6, 6.07) is 6.75. The maximum absolute atomic E-state index is 13.5. The second kappa shape index (κ2) is 6.87. The molecule has 0 radical (unpaired) electrons. The summed E-state index contributed by atoms with van der Waals surface area (Å²) < 4.78 is 13.5. The number of nitrogens with one attached hydrogen (secondary N) is 1. The lowest BCUT2D eigenvalue weighted by Gasteiger charge is -2.15. The van der Waals surface area contributed by atoms with Gasteiger partial charge in [-0.3, -0.25) is 4.79 Å².